The van der Waals surface area contributed by atoms with E-state index in [-0.39, 0.29) is 0 Å². The van der Waals surface area contributed by atoms with Crippen molar-refractivity contribution in [2.75, 3.05) is 19.6 Å². The molecule has 0 aromatic heterocycles. The smallest absolute Gasteiger partial charge is 0.0470 e. The van der Waals surface area contributed by atoms with Crippen LogP contribution in [0, 0.1) is 0 Å². The minimum Gasteiger partial charge on any atom is -0.329 e. The third-order valence-electron chi connectivity index (χ3n) is 3.06. The Morgan fingerprint density at radius 3 is 2.33 bits per heavy atom. The molecule has 1 aromatic rings. The van der Waals surface area contributed by atoms with Crippen LogP contribution in [0.5, 0.6) is 0 Å². The molecule has 2 nitrogen and oxygen atoms in total. The number of benzene rings is 1. The molecule has 3 heteroatoms. The minimum atomic E-state index is 0.403. The quantitative estimate of drug-likeness (QED) is 0.913. The lowest BCUT2D eigenvalue weighted by molar-refractivity contribution is 0.251. The molecule has 0 unspecified atom stereocenters. The second kappa shape index (κ2) is 5.10. The summed E-state index contributed by atoms with van der Waals surface area (Å²) in [7, 11) is 0. The van der Waals surface area contributed by atoms with Crippen LogP contribution in [0.4, 0.5) is 0 Å². The van der Waals surface area contributed by atoms with Gasteiger partial charge in [-0.2, -0.15) is 0 Å². The van der Waals surface area contributed by atoms with E-state index in [1.54, 1.807) is 0 Å². The van der Waals surface area contributed by atoms with Crippen molar-refractivity contribution >= 4 is 15.9 Å². The average Bonchev–Trinajstić information content (AvgIpc) is 2.75. The Morgan fingerprint density at radius 1 is 1.20 bits per heavy atom. The van der Waals surface area contributed by atoms with E-state index in [0.717, 1.165) is 4.47 Å². The molecule has 0 bridgehead atoms. The van der Waals surface area contributed by atoms with Crippen molar-refractivity contribution in [2.45, 2.75) is 18.9 Å². The van der Waals surface area contributed by atoms with Gasteiger partial charge in [0.2, 0.25) is 0 Å². The molecular weight excluding hydrogens is 252 g/mol. The zero-order valence-corrected chi connectivity index (χ0v) is 10.4. The van der Waals surface area contributed by atoms with Crippen molar-refractivity contribution < 1.29 is 0 Å². The zero-order valence-electron chi connectivity index (χ0n) is 8.82. The Bertz CT molecular complexity index is 304. The molecule has 1 aliphatic rings. The maximum Gasteiger partial charge on any atom is 0.0470 e. The summed E-state index contributed by atoms with van der Waals surface area (Å²) in [5.41, 5.74) is 7.21. The highest BCUT2D eigenvalue weighted by Gasteiger charge is 2.21. The standard InChI is InChI=1S/C12H17BrN2/c13-11-5-3-10(4-6-11)12(9-14)15-7-1-2-8-15/h3-6,12H,1-2,7-9,14H2/t12-/m1/s1. The van der Waals surface area contributed by atoms with Crippen molar-refractivity contribution in [2.24, 2.45) is 5.73 Å². The number of halogens is 1. The summed E-state index contributed by atoms with van der Waals surface area (Å²) < 4.78 is 1.13. The second-order valence-corrected chi connectivity index (χ2v) is 4.96. The predicted octanol–water partition coefficient (Wildman–Crippen LogP) is 2.54. The first kappa shape index (κ1) is 11.1. The zero-order chi connectivity index (χ0) is 10.7. The Hall–Kier alpha value is -0.380. The van der Waals surface area contributed by atoms with Gasteiger partial charge in [0.05, 0.1) is 0 Å². The molecule has 0 spiro atoms. The van der Waals surface area contributed by atoms with Gasteiger partial charge in [0.25, 0.3) is 0 Å². The number of nitrogens with two attached hydrogens (primary N) is 1. The van der Waals surface area contributed by atoms with E-state index < -0.39 is 0 Å². The van der Waals surface area contributed by atoms with Crippen LogP contribution in [0.3, 0.4) is 0 Å². The van der Waals surface area contributed by atoms with E-state index in [4.69, 9.17) is 5.73 Å². The van der Waals surface area contributed by atoms with E-state index in [1.807, 2.05) is 0 Å². The van der Waals surface area contributed by atoms with E-state index in [2.05, 4.69) is 45.1 Å². The summed E-state index contributed by atoms with van der Waals surface area (Å²) in [4.78, 5) is 2.49. The number of rotatable bonds is 3. The molecule has 1 atom stereocenters. The predicted molar refractivity (Wildman–Crippen MR) is 66.7 cm³/mol. The van der Waals surface area contributed by atoms with Gasteiger partial charge in [0, 0.05) is 17.1 Å². The molecule has 1 fully saturated rings. The van der Waals surface area contributed by atoms with E-state index in [0.29, 0.717) is 12.6 Å². The number of hydrogen-bond acceptors (Lipinski definition) is 2. The maximum absolute atomic E-state index is 5.87. The summed E-state index contributed by atoms with van der Waals surface area (Å²) in [6.45, 7) is 3.09. The van der Waals surface area contributed by atoms with Crippen molar-refractivity contribution in [3.05, 3.63) is 34.3 Å². The third-order valence-corrected chi connectivity index (χ3v) is 3.59. The highest BCUT2D eigenvalue weighted by Crippen LogP contribution is 2.25. The van der Waals surface area contributed by atoms with E-state index >= 15 is 0 Å². The van der Waals surface area contributed by atoms with Crippen molar-refractivity contribution in [1.82, 2.24) is 4.90 Å². The third kappa shape index (κ3) is 2.60. The van der Waals surface area contributed by atoms with Crippen LogP contribution in [0.25, 0.3) is 0 Å². The van der Waals surface area contributed by atoms with Gasteiger partial charge in [0.1, 0.15) is 0 Å². The van der Waals surface area contributed by atoms with Gasteiger partial charge in [-0.15, -0.1) is 0 Å². The summed E-state index contributed by atoms with van der Waals surface area (Å²) in [5, 5.41) is 0. The first-order valence-electron chi connectivity index (χ1n) is 5.51. The fraction of sp³-hybridized carbons (Fsp3) is 0.500. The van der Waals surface area contributed by atoms with Gasteiger partial charge < -0.3 is 5.73 Å². The molecule has 0 radical (unpaired) electrons. The lowest BCUT2D eigenvalue weighted by Gasteiger charge is -2.26. The molecule has 1 saturated heterocycles. The van der Waals surface area contributed by atoms with Crippen LogP contribution >= 0.6 is 15.9 Å². The Kier molecular flexibility index (Phi) is 3.78. The van der Waals surface area contributed by atoms with E-state index in [1.165, 1.54) is 31.5 Å². The SMILES string of the molecule is NC[C@H](c1ccc(Br)cc1)N1CCCC1. The van der Waals surface area contributed by atoms with Gasteiger partial charge in [-0.05, 0) is 43.6 Å². The van der Waals surface area contributed by atoms with Crippen LogP contribution < -0.4 is 5.73 Å². The molecular formula is C12H17BrN2. The Labute approximate surface area is 99.6 Å². The number of nitrogens with zero attached hydrogens (tertiary/aromatic N) is 1. The van der Waals surface area contributed by atoms with Crippen LogP contribution in [0.15, 0.2) is 28.7 Å². The lowest BCUT2D eigenvalue weighted by atomic mass is 10.1. The highest BCUT2D eigenvalue weighted by molar-refractivity contribution is 9.10. The monoisotopic (exact) mass is 268 g/mol. The number of hydrogen-bond donors (Lipinski definition) is 1. The van der Waals surface area contributed by atoms with E-state index in [9.17, 15) is 0 Å². The first-order valence-corrected chi connectivity index (χ1v) is 6.30. The molecule has 0 amide bonds. The van der Waals surface area contributed by atoms with Gasteiger partial charge in [-0.1, -0.05) is 28.1 Å². The summed E-state index contributed by atoms with van der Waals surface area (Å²) in [6, 6.07) is 8.92. The van der Waals surface area contributed by atoms with Gasteiger partial charge in [-0.25, -0.2) is 0 Å². The highest BCUT2D eigenvalue weighted by atomic mass is 79.9. The molecule has 82 valence electrons. The minimum absolute atomic E-state index is 0.403. The molecule has 2 N–H and O–H groups in total. The molecule has 1 aliphatic heterocycles. The second-order valence-electron chi connectivity index (χ2n) is 4.05. The molecule has 0 saturated carbocycles. The first-order chi connectivity index (χ1) is 7.31. The Balaban J connectivity index is 2.14. The number of likely N-dealkylation sites (tertiary alicyclic amines) is 1. The molecule has 1 aromatic carbocycles. The normalized spacial score (nSPS) is 19.3. The van der Waals surface area contributed by atoms with Crippen molar-refractivity contribution in [3.8, 4) is 0 Å². The molecule has 0 aliphatic carbocycles. The van der Waals surface area contributed by atoms with Crippen LogP contribution in [0.2, 0.25) is 0 Å². The average molecular weight is 269 g/mol. The largest absolute Gasteiger partial charge is 0.329 e. The lowest BCUT2D eigenvalue weighted by Crippen LogP contribution is -2.31. The van der Waals surface area contributed by atoms with Crippen LogP contribution in [0.1, 0.15) is 24.4 Å². The fourth-order valence-electron chi connectivity index (χ4n) is 2.23. The fourth-order valence-corrected chi connectivity index (χ4v) is 2.50. The summed E-state index contributed by atoms with van der Waals surface area (Å²) in [5.74, 6) is 0. The summed E-state index contributed by atoms with van der Waals surface area (Å²) in [6.07, 6.45) is 2.63. The molecule has 1 heterocycles. The van der Waals surface area contributed by atoms with Gasteiger partial charge >= 0.3 is 0 Å². The van der Waals surface area contributed by atoms with Gasteiger partial charge in [-0.3, -0.25) is 4.90 Å². The molecule has 2 rings (SSSR count). The van der Waals surface area contributed by atoms with Gasteiger partial charge in [0.15, 0.2) is 0 Å². The Morgan fingerprint density at radius 2 is 1.80 bits per heavy atom. The molecule has 15 heavy (non-hydrogen) atoms. The summed E-state index contributed by atoms with van der Waals surface area (Å²) >= 11 is 3.46. The maximum atomic E-state index is 5.87. The van der Waals surface area contributed by atoms with Crippen LogP contribution in [-0.2, 0) is 0 Å². The van der Waals surface area contributed by atoms with Crippen LogP contribution in [-0.4, -0.2) is 24.5 Å². The topological polar surface area (TPSA) is 29.3 Å². The van der Waals surface area contributed by atoms with Crippen molar-refractivity contribution in [3.63, 3.8) is 0 Å². The van der Waals surface area contributed by atoms with Crippen molar-refractivity contribution in [1.29, 1.82) is 0 Å².